The summed E-state index contributed by atoms with van der Waals surface area (Å²) in [5.41, 5.74) is 2.42. The van der Waals surface area contributed by atoms with Crippen molar-refractivity contribution in [3.63, 3.8) is 0 Å². The van der Waals surface area contributed by atoms with Gasteiger partial charge in [-0.15, -0.1) is 11.3 Å². The molecule has 104 valence electrons. The Morgan fingerprint density at radius 2 is 2.00 bits per heavy atom. The number of thiazole rings is 1. The van der Waals surface area contributed by atoms with Crippen LogP contribution in [0.5, 0.6) is 0 Å². The predicted octanol–water partition coefficient (Wildman–Crippen LogP) is 5.91. The van der Waals surface area contributed by atoms with Gasteiger partial charge in [0.25, 0.3) is 0 Å². The highest BCUT2D eigenvalue weighted by atomic mass is 79.9. The second-order valence-electron chi connectivity index (χ2n) is 4.87. The molecular weight excluding hydrogens is 352 g/mol. The first kappa shape index (κ1) is 14.0. The second-order valence-corrected chi connectivity index (χ2v) is 8.27. The molecule has 1 aromatic carbocycles. The zero-order valence-corrected chi connectivity index (χ0v) is 14.7. The minimum Gasteiger partial charge on any atom is -0.355 e. The Morgan fingerprint density at radius 3 is 2.70 bits per heavy atom. The molecule has 0 bridgehead atoms. The van der Waals surface area contributed by atoms with Crippen LogP contribution in [-0.2, 0) is 0 Å². The van der Waals surface area contributed by atoms with E-state index < -0.39 is 0 Å². The fourth-order valence-corrected chi connectivity index (χ4v) is 4.83. The first-order chi connectivity index (χ1) is 9.52. The summed E-state index contributed by atoms with van der Waals surface area (Å²) >= 11 is 7.05. The molecule has 0 saturated heterocycles. The third-order valence-electron chi connectivity index (χ3n) is 3.24. The molecule has 0 fully saturated rings. The second kappa shape index (κ2) is 5.47. The maximum Gasteiger partial charge on any atom is 0.184 e. The molecule has 2 aromatic heterocycles. The van der Waals surface area contributed by atoms with Crippen LogP contribution in [0, 0.1) is 13.8 Å². The van der Waals surface area contributed by atoms with Crippen LogP contribution >= 0.6 is 38.6 Å². The number of rotatable bonds is 3. The van der Waals surface area contributed by atoms with Crippen LogP contribution < -0.4 is 5.32 Å². The summed E-state index contributed by atoms with van der Waals surface area (Å²) in [7, 11) is 0. The average Bonchev–Trinajstić information content (AvgIpc) is 2.91. The van der Waals surface area contributed by atoms with Crippen LogP contribution in [0.3, 0.4) is 0 Å². The molecule has 1 N–H and O–H groups in total. The lowest BCUT2D eigenvalue weighted by molar-refractivity contribution is 0.879. The number of anilines is 1. The highest BCUT2D eigenvalue weighted by molar-refractivity contribution is 9.10. The number of benzene rings is 1. The Morgan fingerprint density at radius 1 is 1.20 bits per heavy atom. The van der Waals surface area contributed by atoms with Gasteiger partial charge in [-0.25, -0.2) is 4.98 Å². The molecule has 0 radical (unpaired) electrons. The molecule has 2 heterocycles. The molecule has 0 aliphatic rings. The summed E-state index contributed by atoms with van der Waals surface area (Å²) in [6.07, 6.45) is 0. The fraction of sp³-hybridized carbons (Fsp3) is 0.267. The molecule has 3 aromatic rings. The number of aryl methyl sites for hydroxylation is 2. The number of aromatic nitrogens is 1. The number of halogens is 1. The lowest BCUT2D eigenvalue weighted by atomic mass is 10.1. The van der Waals surface area contributed by atoms with Crippen molar-refractivity contribution in [2.75, 3.05) is 5.32 Å². The first-order valence-corrected chi connectivity index (χ1v) is 8.85. The van der Waals surface area contributed by atoms with Gasteiger partial charge in [-0.1, -0.05) is 27.3 Å². The summed E-state index contributed by atoms with van der Waals surface area (Å²) in [6, 6.07) is 8.74. The number of thiophene rings is 1. The molecule has 0 aliphatic heterocycles. The lowest BCUT2D eigenvalue weighted by Crippen LogP contribution is -2.06. The van der Waals surface area contributed by atoms with Gasteiger partial charge in [0.1, 0.15) is 0 Å². The summed E-state index contributed by atoms with van der Waals surface area (Å²) in [4.78, 5) is 7.39. The molecule has 1 unspecified atom stereocenters. The Bertz CT molecular complexity index is 760. The van der Waals surface area contributed by atoms with E-state index in [1.807, 2.05) is 23.5 Å². The monoisotopic (exact) mass is 366 g/mol. The standard InChI is InChI=1S/C15H15BrN2S2/c1-8-6-12(10(3)19-8)9(2)17-15-18-13-5-4-11(16)7-14(13)20-15/h4-7,9H,1-3H3,(H,17,18). The van der Waals surface area contributed by atoms with Crippen molar-refractivity contribution < 1.29 is 0 Å². The van der Waals surface area contributed by atoms with Crippen molar-refractivity contribution in [1.82, 2.24) is 4.98 Å². The summed E-state index contributed by atoms with van der Waals surface area (Å²) in [6.45, 7) is 6.53. The van der Waals surface area contributed by atoms with E-state index in [0.717, 1.165) is 15.1 Å². The maximum atomic E-state index is 4.65. The number of hydrogen-bond acceptors (Lipinski definition) is 4. The van der Waals surface area contributed by atoms with Crippen LogP contribution in [-0.4, -0.2) is 4.98 Å². The smallest absolute Gasteiger partial charge is 0.184 e. The van der Waals surface area contributed by atoms with E-state index in [1.54, 1.807) is 11.3 Å². The fourth-order valence-electron chi connectivity index (χ4n) is 2.30. The SMILES string of the molecule is Cc1cc(C(C)Nc2nc3ccc(Br)cc3s2)c(C)s1. The van der Waals surface area contributed by atoms with E-state index in [0.29, 0.717) is 0 Å². The van der Waals surface area contributed by atoms with Crippen molar-refractivity contribution in [3.8, 4) is 0 Å². The van der Waals surface area contributed by atoms with Gasteiger partial charge in [-0.3, -0.25) is 0 Å². The molecular formula is C15H15BrN2S2. The van der Waals surface area contributed by atoms with Gasteiger partial charge in [0, 0.05) is 14.2 Å². The van der Waals surface area contributed by atoms with Crippen LogP contribution in [0.1, 0.15) is 28.3 Å². The number of nitrogens with one attached hydrogen (secondary N) is 1. The molecule has 1 atom stereocenters. The van der Waals surface area contributed by atoms with Gasteiger partial charge in [0.15, 0.2) is 5.13 Å². The third-order valence-corrected chi connectivity index (χ3v) is 5.66. The first-order valence-electron chi connectivity index (χ1n) is 6.42. The van der Waals surface area contributed by atoms with E-state index in [2.05, 4.69) is 59.1 Å². The maximum absolute atomic E-state index is 4.65. The number of hydrogen-bond donors (Lipinski definition) is 1. The van der Waals surface area contributed by atoms with E-state index >= 15 is 0 Å². The van der Waals surface area contributed by atoms with Crippen molar-refractivity contribution in [2.45, 2.75) is 26.8 Å². The Labute approximate surface area is 135 Å². The zero-order chi connectivity index (χ0) is 14.3. The highest BCUT2D eigenvalue weighted by Gasteiger charge is 2.13. The highest BCUT2D eigenvalue weighted by Crippen LogP contribution is 2.32. The molecule has 5 heteroatoms. The van der Waals surface area contributed by atoms with Gasteiger partial charge in [0.05, 0.1) is 16.3 Å². The van der Waals surface area contributed by atoms with Gasteiger partial charge < -0.3 is 5.32 Å². The quantitative estimate of drug-likeness (QED) is 0.622. The van der Waals surface area contributed by atoms with Gasteiger partial charge in [-0.2, -0.15) is 0 Å². The van der Waals surface area contributed by atoms with Gasteiger partial charge >= 0.3 is 0 Å². The van der Waals surface area contributed by atoms with Gasteiger partial charge in [0.2, 0.25) is 0 Å². The largest absolute Gasteiger partial charge is 0.355 e. The molecule has 0 amide bonds. The van der Waals surface area contributed by atoms with E-state index in [1.165, 1.54) is 20.0 Å². The average molecular weight is 367 g/mol. The lowest BCUT2D eigenvalue weighted by Gasteiger charge is -2.12. The Balaban J connectivity index is 1.87. The minimum absolute atomic E-state index is 0.281. The number of nitrogens with zero attached hydrogens (tertiary/aromatic N) is 1. The molecule has 3 rings (SSSR count). The zero-order valence-electron chi connectivity index (χ0n) is 11.5. The minimum atomic E-state index is 0.281. The van der Waals surface area contributed by atoms with E-state index in [4.69, 9.17) is 0 Å². The summed E-state index contributed by atoms with van der Waals surface area (Å²) < 4.78 is 2.30. The molecule has 0 aliphatic carbocycles. The van der Waals surface area contributed by atoms with Crippen molar-refractivity contribution in [1.29, 1.82) is 0 Å². The molecule has 20 heavy (non-hydrogen) atoms. The van der Waals surface area contributed by atoms with E-state index in [9.17, 15) is 0 Å². The van der Waals surface area contributed by atoms with Crippen molar-refractivity contribution in [2.24, 2.45) is 0 Å². The molecule has 0 saturated carbocycles. The van der Waals surface area contributed by atoms with Crippen LogP contribution in [0.25, 0.3) is 10.2 Å². The van der Waals surface area contributed by atoms with Gasteiger partial charge in [-0.05, 0) is 50.6 Å². The molecule has 2 nitrogen and oxygen atoms in total. The Hall–Kier alpha value is -0.910. The predicted molar refractivity (Wildman–Crippen MR) is 93.2 cm³/mol. The summed E-state index contributed by atoms with van der Waals surface area (Å²) in [5.74, 6) is 0. The van der Waals surface area contributed by atoms with Crippen molar-refractivity contribution >= 4 is 54.0 Å². The Kier molecular flexibility index (Phi) is 3.84. The van der Waals surface area contributed by atoms with E-state index in [-0.39, 0.29) is 6.04 Å². The summed E-state index contributed by atoms with van der Waals surface area (Å²) in [5, 5.41) is 4.50. The third kappa shape index (κ3) is 2.75. The number of fused-ring (bicyclic) bond motifs is 1. The van der Waals surface area contributed by atoms with Crippen LogP contribution in [0.4, 0.5) is 5.13 Å². The normalized spacial score (nSPS) is 12.8. The van der Waals surface area contributed by atoms with Crippen molar-refractivity contribution in [3.05, 3.63) is 44.1 Å². The topological polar surface area (TPSA) is 24.9 Å². The van der Waals surface area contributed by atoms with Crippen LogP contribution in [0.15, 0.2) is 28.7 Å². The van der Waals surface area contributed by atoms with Crippen LogP contribution in [0.2, 0.25) is 0 Å². The molecule has 0 spiro atoms.